The molecule has 1 aromatic heterocycles. The number of hydrogen-bond donors (Lipinski definition) is 1. The Hall–Kier alpha value is -1.11. The molecule has 0 amide bonds. The zero-order chi connectivity index (χ0) is 11.7. The van der Waals surface area contributed by atoms with Crippen molar-refractivity contribution in [1.29, 1.82) is 0 Å². The fourth-order valence-corrected chi connectivity index (χ4v) is 2.07. The van der Waals surface area contributed by atoms with Gasteiger partial charge < -0.3 is 9.90 Å². The molecular weight excluding hydrogens is 263 g/mol. The molecule has 0 saturated heterocycles. The van der Waals surface area contributed by atoms with Crippen LogP contribution in [0.1, 0.15) is 28.9 Å². The van der Waals surface area contributed by atoms with E-state index in [-0.39, 0.29) is 11.5 Å². The van der Waals surface area contributed by atoms with Crippen molar-refractivity contribution in [1.82, 2.24) is 9.78 Å². The molecule has 5 nitrogen and oxygen atoms in total. The van der Waals surface area contributed by atoms with Gasteiger partial charge in [0.15, 0.2) is 5.69 Å². The van der Waals surface area contributed by atoms with E-state index in [9.17, 15) is 9.59 Å². The van der Waals surface area contributed by atoms with Crippen molar-refractivity contribution in [2.45, 2.75) is 12.7 Å². The number of halogens is 1. The monoisotopic (exact) mass is 272 g/mol. The van der Waals surface area contributed by atoms with Gasteiger partial charge in [0, 0.05) is 12.9 Å². The van der Waals surface area contributed by atoms with Crippen molar-refractivity contribution in [2.75, 3.05) is 0 Å². The molecule has 1 heterocycles. The molecule has 1 rings (SSSR count). The first-order valence-corrected chi connectivity index (χ1v) is 5.11. The second kappa shape index (κ2) is 4.18. The lowest BCUT2D eigenvalue weighted by atomic mass is 9.81. The summed E-state index contributed by atoms with van der Waals surface area (Å²) in [5, 5.41) is 12.9. The van der Waals surface area contributed by atoms with E-state index in [1.54, 1.807) is 7.85 Å². The van der Waals surface area contributed by atoms with Crippen LogP contribution in [0.4, 0.5) is 0 Å². The number of ketones is 1. The highest BCUT2D eigenvalue weighted by atomic mass is 79.9. The molecule has 1 unspecified atom stereocenters. The van der Waals surface area contributed by atoms with Gasteiger partial charge in [-0.05, 0) is 22.9 Å². The summed E-state index contributed by atoms with van der Waals surface area (Å²) in [5.74, 6) is -1.52. The van der Waals surface area contributed by atoms with Crippen LogP contribution in [0, 0.1) is 0 Å². The summed E-state index contributed by atoms with van der Waals surface area (Å²) in [5.41, 5.74) is 0.514. The lowest BCUT2D eigenvalue weighted by Gasteiger charge is -2.02. The van der Waals surface area contributed by atoms with Crippen LogP contribution >= 0.6 is 15.9 Å². The normalized spacial score (nSPS) is 12.5. The number of carbonyl (C=O) groups is 2. The lowest BCUT2D eigenvalue weighted by Crippen LogP contribution is -2.10. The zero-order valence-corrected chi connectivity index (χ0v) is 10.2. The number of aromatic nitrogens is 2. The number of hydrogen-bond acceptors (Lipinski definition) is 3. The first kappa shape index (κ1) is 12.0. The third-order valence-corrected chi connectivity index (χ3v) is 3.02. The Kier molecular flexibility index (Phi) is 3.33. The van der Waals surface area contributed by atoms with Crippen molar-refractivity contribution in [2.24, 2.45) is 7.05 Å². The number of rotatable bonds is 3. The SMILES string of the molecule is BC(C(C)=O)c1nn(C)c(C(=O)O)c1Br. The van der Waals surface area contributed by atoms with E-state index >= 15 is 0 Å². The smallest absolute Gasteiger partial charge is 0.355 e. The van der Waals surface area contributed by atoms with Gasteiger partial charge in [0.05, 0.1) is 10.2 Å². The number of Topliss-reactive ketones (excluding diaryl/α,β-unsaturated/α-hetero) is 1. The van der Waals surface area contributed by atoms with E-state index in [4.69, 9.17) is 5.11 Å². The van der Waals surface area contributed by atoms with Crippen LogP contribution in [0.3, 0.4) is 0 Å². The summed E-state index contributed by atoms with van der Waals surface area (Å²) in [6, 6.07) is 0. The average Bonchev–Trinajstić information content (AvgIpc) is 2.40. The van der Waals surface area contributed by atoms with Gasteiger partial charge in [-0.15, -0.1) is 0 Å². The minimum absolute atomic E-state index is 0.0502. The van der Waals surface area contributed by atoms with Gasteiger partial charge in [-0.1, -0.05) is 0 Å². The number of nitrogens with zero attached hydrogens (tertiary/aromatic N) is 2. The second-order valence-corrected chi connectivity index (χ2v) is 4.10. The molecule has 15 heavy (non-hydrogen) atoms. The van der Waals surface area contributed by atoms with Crippen LogP contribution in [-0.2, 0) is 11.8 Å². The van der Waals surface area contributed by atoms with Crippen molar-refractivity contribution in [3.63, 3.8) is 0 Å². The Bertz CT molecular complexity index is 430. The third kappa shape index (κ3) is 2.12. The summed E-state index contributed by atoms with van der Waals surface area (Å²) < 4.78 is 1.63. The molecule has 1 N–H and O–H groups in total. The third-order valence-electron chi connectivity index (χ3n) is 2.24. The molecule has 0 radical (unpaired) electrons. The van der Waals surface area contributed by atoms with Gasteiger partial charge in [-0.2, -0.15) is 5.10 Å². The quantitative estimate of drug-likeness (QED) is 0.795. The predicted octanol–water partition coefficient (Wildman–Crippen LogP) is 0.144. The molecule has 0 aromatic carbocycles. The summed E-state index contributed by atoms with van der Waals surface area (Å²) in [6.45, 7) is 1.45. The van der Waals surface area contributed by atoms with Crippen LogP contribution in [-0.4, -0.2) is 34.5 Å². The van der Waals surface area contributed by atoms with Gasteiger partial charge in [0.1, 0.15) is 13.6 Å². The van der Waals surface area contributed by atoms with E-state index in [0.29, 0.717) is 10.2 Å². The summed E-state index contributed by atoms with van der Waals surface area (Å²) >= 11 is 3.16. The fourth-order valence-electron chi connectivity index (χ4n) is 1.22. The van der Waals surface area contributed by atoms with Gasteiger partial charge in [-0.25, -0.2) is 4.79 Å². The molecule has 0 bridgehead atoms. The molecule has 1 atom stereocenters. The number of carbonyl (C=O) groups excluding carboxylic acids is 1. The van der Waals surface area contributed by atoms with E-state index in [0.717, 1.165) is 0 Å². The second-order valence-electron chi connectivity index (χ2n) is 3.31. The number of carboxylic acids is 1. The molecule has 80 valence electrons. The van der Waals surface area contributed by atoms with Gasteiger partial charge in [-0.3, -0.25) is 4.68 Å². The van der Waals surface area contributed by atoms with Crippen LogP contribution in [0.25, 0.3) is 0 Å². The molecule has 0 spiro atoms. The molecule has 0 saturated carbocycles. The maximum atomic E-state index is 11.2. The van der Waals surface area contributed by atoms with E-state index in [1.165, 1.54) is 18.7 Å². The Labute approximate surface area is 96.0 Å². The minimum Gasteiger partial charge on any atom is -0.476 e. The highest BCUT2D eigenvalue weighted by molar-refractivity contribution is 9.10. The molecule has 1 aromatic rings. The molecular formula is C8H10BBrN2O3. The first-order chi connectivity index (χ1) is 6.86. The molecule has 7 heteroatoms. The average molecular weight is 273 g/mol. The fraction of sp³-hybridized carbons (Fsp3) is 0.375. The molecule has 0 aliphatic rings. The van der Waals surface area contributed by atoms with Crippen LogP contribution < -0.4 is 0 Å². The first-order valence-electron chi connectivity index (χ1n) is 4.32. The number of carboxylic acid groups (broad SMARTS) is 1. The highest BCUT2D eigenvalue weighted by Gasteiger charge is 2.24. The van der Waals surface area contributed by atoms with Gasteiger partial charge in [0.25, 0.3) is 0 Å². The molecule has 0 fully saturated rings. The number of aromatic carboxylic acids is 1. The van der Waals surface area contributed by atoms with Crippen molar-refractivity contribution < 1.29 is 14.7 Å². The maximum absolute atomic E-state index is 11.2. The summed E-state index contributed by atoms with van der Waals surface area (Å²) in [4.78, 5) is 22.0. The van der Waals surface area contributed by atoms with Gasteiger partial charge in [0.2, 0.25) is 0 Å². The minimum atomic E-state index is -1.07. The van der Waals surface area contributed by atoms with Gasteiger partial charge >= 0.3 is 5.97 Å². The van der Waals surface area contributed by atoms with E-state index < -0.39 is 11.8 Å². The summed E-state index contributed by atoms with van der Waals surface area (Å²) in [6.07, 6.45) is 0. The molecule has 0 aliphatic heterocycles. The molecule has 0 aliphatic carbocycles. The van der Waals surface area contributed by atoms with Crippen molar-refractivity contribution in [3.8, 4) is 0 Å². The Morgan fingerprint density at radius 2 is 2.13 bits per heavy atom. The standard InChI is InChI=1S/C8H10BBrN2O3/c1-3(13)4(9)6-5(10)7(8(14)15)12(2)11-6/h4H,9H2,1-2H3,(H,14,15). The lowest BCUT2D eigenvalue weighted by molar-refractivity contribution is -0.116. The van der Waals surface area contributed by atoms with Crippen LogP contribution in [0.5, 0.6) is 0 Å². The van der Waals surface area contributed by atoms with Crippen LogP contribution in [0.2, 0.25) is 0 Å². The predicted molar refractivity (Wildman–Crippen MR) is 59.8 cm³/mol. The Morgan fingerprint density at radius 3 is 2.47 bits per heavy atom. The topological polar surface area (TPSA) is 72.2 Å². The maximum Gasteiger partial charge on any atom is 0.355 e. The van der Waals surface area contributed by atoms with E-state index in [2.05, 4.69) is 21.0 Å². The van der Waals surface area contributed by atoms with Crippen LogP contribution in [0.15, 0.2) is 4.47 Å². The Morgan fingerprint density at radius 1 is 1.60 bits per heavy atom. The summed E-state index contributed by atoms with van der Waals surface area (Å²) in [7, 11) is 3.23. The highest BCUT2D eigenvalue weighted by Crippen LogP contribution is 2.26. The largest absolute Gasteiger partial charge is 0.476 e. The zero-order valence-electron chi connectivity index (χ0n) is 8.61. The van der Waals surface area contributed by atoms with Crippen molar-refractivity contribution >= 4 is 35.5 Å². The number of aryl methyl sites for hydroxylation is 1. The van der Waals surface area contributed by atoms with Crippen molar-refractivity contribution in [3.05, 3.63) is 15.9 Å². The Balaban J connectivity index is 3.29. The van der Waals surface area contributed by atoms with E-state index in [1.807, 2.05) is 0 Å².